The third-order valence-electron chi connectivity index (χ3n) is 3.84. The fraction of sp³-hybridized carbons (Fsp3) is 0.158. The maximum absolute atomic E-state index is 12.5. The summed E-state index contributed by atoms with van der Waals surface area (Å²) in [5.41, 5.74) is 1.03. The van der Waals surface area contributed by atoms with Crippen LogP contribution >= 0.6 is 34.5 Å². The van der Waals surface area contributed by atoms with Gasteiger partial charge >= 0.3 is 5.97 Å². The number of hydrogen-bond donors (Lipinski definition) is 1. The molecule has 0 radical (unpaired) electrons. The molecule has 150 valence electrons. The van der Waals surface area contributed by atoms with Crippen molar-refractivity contribution in [2.75, 3.05) is 11.9 Å². The van der Waals surface area contributed by atoms with Gasteiger partial charge in [0.1, 0.15) is 22.1 Å². The Morgan fingerprint density at radius 1 is 1.24 bits per heavy atom. The lowest BCUT2D eigenvalue weighted by atomic mass is 10.0. The Morgan fingerprint density at radius 2 is 1.97 bits per heavy atom. The average molecular weight is 452 g/mol. The highest BCUT2D eigenvalue weighted by Crippen LogP contribution is 2.36. The van der Waals surface area contributed by atoms with E-state index in [2.05, 4.69) is 10.4 Å². The summed E-state index contributed by atoms with van der Waals surface area (Å²) in [5, 5.41) is 8.32. The summed E-state index contributed by atoms with van der Waals surface area (Å²) < 4.78 is 6.04. The van der Waals surface area contributed by atoms with Gasteiger partial charge in [-0.2, -0.15) is 5.10 Å². The van der Waals surface area contributed by atoms with E-state index in [1.165, 1.54) is 17.5 Å². The van der Waals surface area contributed by atoms with Crippen molar-refractivity contribution < 1.29 is 14.3 Å². The monoisotopic (exact) mass is 451 g/mol. The lowest BCUT2D eigenvalue weighted by molar-refractivity contribution is -0.117. The molecule has 1 amide bonds. The molecule has 0 aliphatic rings. The summed E-state index contributed by atoms with van der Waals surface area (Å²) >= 11 is 12.7. The summed E-state index contributed by atoms with van der Waals surface area (Å²) in [6.45, 7) is 1.50. The van der Waals surface area contributed by atoms with Gasteiger partial charge in [-0.15, -0.1) is 11.3 Å². The molecule has 3 aromatic rings. The van der Waals surface area contributed by atoms with Crippen LogP contribution in [0.5, 0.6) is 0 Å². The summed E-state index contributed by atoms with van der Waals surface area (Å²) in [6.07, 6.45) is 1.18. The van der Waals surface area contributed by atoms with Gasteiger partial charge in [0.05, 0.1) is 17.8 Å². The van der Waals surface area contributed by atoms with Crippen molar-refractivity contribution in [3.63, 3.8) is 0 Å². The molecule has 0 aliphatic carbocycles. The van der Waals surface area contributed by atoms with E-state index in [4.69, 9.17) is 27.9 Å². The van der Waals surface area contributed by atoms with Gasteiger partial charge in [0, 0.05) is 10.9 Å². The number of nitrogens with one attached hydrogen (secondary N) is 1. The number of carbonyl (C=O) groups excluding carboxylic acids is 2. The number of hydrogen-bond acceptors (Lipinski definition) is 6. The van der Waals surface area contributed by atoms with Crippen molar-refractivity contribution >= 4 is 51.4 Å². The first-order chi connectivity index (χ1) is 13.9. The minimum Gasteiger partial charge on any atom is -0.462 e. The Kier molecular flexibility index (Phi) is 6.68. The van der Waals surface area contributed by atoms with Gasteiger partial charge in [-0.3, -0.25) is 9.59 Å². The van der Waals surface area contributed by atoms with Gasteiger partial charge in [0.25, 0.3) is 5.56 Å². The Balaban J connectivity index is 1.90. The van der Waals surface area contributed by atoms with Crippen molar-refractivity contribution in [1.29, 1.82) is 0 Å². The average Bonchev–Trinajstić information content (AvgIpc) is 3.13. The number of nitrogens with zero attached hydrogens (tertiary/aromatic N) is 2. The van der Waals surface area contributed by atoms with Crippen LogP contribution < -0.4 is 10.9 Å². The minimum absolute atomic E-state index is 0.00341. The standard InChI is InChI=1S/C19H15Cl2N3O4S/c1-2-28-19(27)15-12(11-6-4-3-5-7-11)10-29-17(15)23-14(25)9-24-18(26)16(21)13(20)8-22-24/h3-8,10H,2,9H2,1H3,(H,23,25). The van der Waals surface area contributed by atoms with Crippen LogP contribution in [0.1, 0.15) is 17.3 Å². The van der Waals surface area contributed by atoms with Gasteiger partial charge in [0.2, 0.25) is 5.91 Å². The second-order valence-corrected chi connectivity index (χ2v) is 7.42. The van der Waals surface area contributed by atoms with Gasteiger partial charge in [-0.1, -0.05) is 53.5 Å². The topological polar surface area (TPSA) is 90.3 Å². The highest BCUT2D eigenvalue weighted by Gasteiger charge is 2.23. The number of thiophene rings is 1. The lowest BCUT2D eigenvalue weighted by Crippen LogP contribution is -2.30. The smallest absolute Gasteiger partial charge is 0.341 e. The van der Waals surface area contributed by atoms with Crippen molar-refractivity contribution in [2.24, 2.45) is 0 Å². The minimum atomic E-state index is -0.684. The molecule has 1 N–H and O–H groups in total. The first-order valence-electron chi connectivity index (χ1n) is 8.47. The molecule has 2 aromatic heterocycles. The first-order valence-corrected chi connectivity index (χ1v) is 10.1. The number of esters is 1. The summed E-state index contributed by atoms with van der Waals surface area (Å²) in [7, 11) is 0. The highest BCUT2D eigenvalue weighted by molar-refractivity contribution is 7.15. The summed E-state index contributed by atoms with van der Waals surface area (Å²) in [5.74, 6) is -1.10. The predicted octanol–water partition coefficient (Wildman–Crippen LogP) is 4.09. The van der Waals surface area contributed by atoms with Crippen molar-refractivity contribution in [1.82, 2.24) is 9.78 Å². The molecule has 0 atom stereocenters. The van der Waals surface area contributed by atoms with Gasteiger partial charge in [-0.05, 0) is 12.5 Å². The quantitative estimate of drug-likeness (QED) is 0.569. The van der Waals surface area contributed by atoms with Crippen molar-refractivity contribution in [2.45, 2.75) is 13.5 Å². The fourth-order valence-corrected chi connectivity index (χ4v) is 3.79. The van der Waals surface area contributed by atoms with Crippen molar-refractivity contribution in [3.05, 3.63) is 67.9 Å². The van der Waals surface area contributed by atoms with Crippen LogP contribution in [-0.4, -0.2) is 28.3 Å². The lowest BCUT2D eigenvalue weighted by Gasteiger charge is -2.09. The van der Waals surface area contributed by atoms with E-state index in [-0.39, 0.29) is 22.2 Å². The number of benzene rings is 1. The molecule has 0 spiro atoms. The molecule has 3 rings (SSSR count). The normalized spacial score (nSPS) is 10.6. The summed E-state index contributed by atoms with van der Waals surface area (Å²) in [6, 6.07) is 9.28. The maximum Gasteiger partial charge on any atom is 0.341 e. The number of anilines is 1. The molecule has 0 unspecified atom stereocenters. The van der Waals surface area contributed by atoms with Crippen LogP contribution in [0.3, 0.4) is 0 Å². The Labute approximate surface area is 179 Å². The summed E-state index contributed by atoms with van der Waals surface area (Å²) in [4.78, 5) is 37.1. The van der Waals surface area contributed by atoms with E-state index < -0.39 is 24.0 Å². The van der Waals surface area contributed by atoms with Gasteiger partial charge in [-0.25, -0.2) is 9.48 Å². The fourth-order valence-electron chi connectivity index (χ4n) is 2.55. The first kappa shape index (κ1) is 21.0. The second kappa shape index (κ2) is 9.21. The van der Waals surface area contributed by atoms with Crippen LogP contribution in [0.2, 0.25) is 10.0 Å². The molecule has 0 saturated heterocycles. The zero-order chi connectivity index (χ0) is 21.0. The molecule has 0 aliphatic heterocycles. The molecule has 1 aromatic carbocycles. The third kappa shape index (κ3) is 4.67. The van der Waals surface area contributed by atoms with Crippen LogP contribution in [0.4, 0.5) is 5.00 Å². The third-order valence-corrected chi connectivity index (χ3v) is 5.49. The molecular formula is C19H15Cl2N3O4S. The molecule has 2 heterocycles. The molecule has 0 fully saturated rings. The van der Waals surface area contributed by atoms with E-state index in [1.807, 2.05) is 30.3 Å². The number of ether oxygens (including phenoxy) is 1. The maximum atomic E-state index is 12.5. The van der Waals surface area contributed by atoms with Gasteiger partial charge < -0.3 is 10.1 Å². The Morgan fingerprint density at radius 3 is 2.66 bits per heavy atom. The van der Waals surface area contributed by atoms with Crippen LogP contribution in [-0.2, 0) is 16.1 Å². The SMILES string of the molecule is CCOC(=O)c1c(-c2ccccc2)csc1NC(=O)Cn1ncc(Cl)c(Cl)c1=O. The zero-order valence-corrected chi connectivity index (χ0v) is 17.5. The van der Waals surface area contributed by atoms with E-state index in [9.17, 15) is 14.4 Å². The molecule has 29 heavy (non-hydrogen) atoms. The molecular weight excluding hydrogens is 437 g/mol. The molecule has 0 bridgehead atoms. The second-order valence-electron chi connectivity index (χ2n) is 5.76. The number of rotatable bonds is 6. The Bertz CT molecular complexity index is 1110. The largest absolute Gasteiger partial charge is 0.462 e. The van der Waals surface area contributed by atoms with Crippen molar-refractivity contribution in [3.8, 4) is 11.1 Å². The molecule has 7 nitrogen and oxygen atoms in total. The zero-order valence-electron chi connectivity index (χ0n) is 15.1. The number of amides is 1. The van der Waals surface area contributed by atoms with E-state index in [1.54, 1.807) is 12.3 Å². The number of carbonyl (C=O) groups is 2. The number of halogens is 2. The Hall–Kier alpha value is -2.68. The van der Waals surface area contributed by atoms with E-state index in [0.717, 1.165) is 10.2 Å². The van der Waals surface area contributed by atoms with Crippen LogP contribution in [0.25, 0.3) is 11.1 Å². The molecule has 10 heteroatoms. The van der Waals surface area contributed by atoms with Crippen LogP contribution in [0, 0.1) is 0 Å². The molecule has 0 saturated carbocycles. The number of aromatic nitrogens is 2. The highest BCUT2D eigenvalue weighted by atomic mass is 35.5. The van der Waals surface area contributed by atoms with Gasteiger partial charge in [0.15, 0.2) is 0 Å². The predicted molar refractivity (Wildman–Crippen MR) is 113 cm³/mol. The van der Waals surface area contributed by atoms with Crippen LogP contribution in [0.15, 0.2) is 46.7 Å². The van der Waals surface area contributed by atoms with E-state index in [0.29, 0.717) is 10.6 Å². The van der Waals surface area contributed by atoms with E-state index >= 15 is 0 Å².